The highest BCUT2D eigenvalue weighted by atomic mass is 19.1. The number of aldehydes is 1. The van der Waals surface area contributed by atoms with Crippen molar-refractivity contribution >= 4 is 23.2 Å². The molecule has 35 heavy (non-hydrogen) atoms. The molecule has 0 radical (unpaired) electrons. The Morgan fingerprint density at radius 2 is 1.97 bits per heavy atom. The summed E-state index contributed by atoms with van der Waals surface area (Å²) in [6.07, 6.45) is 2.01. The van der Waals surface area contributed by atoms with Crippen molar-refractivity contribution in [1.29, 1.82) is 0 Å². The fourth-order valence-electron chi connectivity index (χ4n) is 3.73. The van der Waals surface area contributed by atoms with Gasteiger partial charge in [-0.15, -0.1) is 0 Å². The molecule has 9 heteroatoms. The van der Waals surface area contributed by atoms with E-state index in [1.54, 1.807) is 24.3 Å². The second kappa shape index (κ2) is 9.84. The van der Waals surface area contributed by atoms with E-state index in [1.165, 1.54) is 42.1 Å². The largest absolute Gasteiger partial charge is 0.497 e. The van der Waals surface area contributed by atoms with Crippen molar-refractivity contribution in [2.75, 3.05) is 7.11 Å². The fourth-order valence-corrected chi connectivity index (χ4v) is 3.73. The van der Waals surface area contributed by atoms with Crippen LogP contribution in [0.2, 0.25) is 0 Å². The van der Waals surface area contributed by atoms with E-state index in [0.717, 1.165) is 0 Å². The second-order valence-electron chi connectivity index (χ2n) is 8.23. The van der Waals surface area contributed by atoms with Crippen molar-refractivity contribution in [3.63, 3.8) is 0 Å². The number of pyridine rings is 1. The molecule has 0 unspecified atom stereocenters. The van der Waals surface area contributed by atoms with Gasteiger partial charge in [-0.2, -0.15) is 0 Å². The number of fused-ring (bicyclic) bond motifs is 1. The standard InChI is InChI=1S/C26H23FN4O4/c1-15(2)29-23(33)13-31-25(17-5-4-6-19(10-17)35-3)30-24-21(26(31)34)11-18(12-28-24)20-9-16(14-32)7-8-22(20)27/h4-12,14-15H,13H2,1-3H3,(H,29,33). The first-order valence-electron chi connectivity index (χ1n) is 10.9. The first-order chi connectivity index (χ1) is 16.8. The summed E-state index contributed by atoms with van der Waals surface area (Å²) in [6, 6.07) is 12.3. The van der Waals surface area contributed by atoms with Crippen LogP contribution in [0.15, 0.2) is 59.5 Å². The van der Waals surface area contributed by atoms with Gasteiger partial charge >= 0.3 is 0 Å². The molecule has 1 amide bonds. The third-order valence-electron chi connectivity index (χ3n) is 5.33. The van der Waals surface area contributed by atoms with Gasteiger partial charge in [-0.05, 0) is 50.2 Å². The third-order valence-corrected chi connectivity index (χ3v) is 5.33. The summed E-state index contributed by atoms with van der Waals surface area (Å²) in [5.74, 6) is -0.117. The smallest absolute Gasteiger partial charge is 0.263 e. The van der Waals surface area contributed by atoms with Crippen molar-refractivity contribution in [3.8, 4) is 28.3 Å². The molecule has 2 aromatic heterocycles. The quantitative estimate of drug-likeness (QED) is 0.411. The minimum Gasteiger partial charge on any atom is -0.497 e. The molecule has 1 N–H and O–H groups in total. The number of amides is 1. The maximum Gasteiger partial charge on any atom is 0.263 e. The zero-order chi connectivity index (χ0) is 25.1. The topological polar surface area (TPSA) is 103 Å². The third kappa shape index (κ3) is 4.93. The highest BCUT2D eigenvalue weighted by Gasteiger charge is 2.18. The summed E-state index contributed by atoms with van der Waals surface area (Å²) in [4.78, 5) is 46.2. The monoisotopic (exact) mass is 474 g/mol. The number of carbonyl (C=O) groups excluding carboxylic acids is 2. The molecule has 2 heterocycles. The Morgan fingerprint density at radius 1 is 1.17 bits per heavy atom. The lowest BCUT2D eigenvalue weighted by atomic mass is 10.0. The number of rotatable bonds is 7. The van der Waals surface area contributed by atoms with Gasteiger partial charge in [0, 0.05) is 34.5 Å². The predicted octanol–water partition coefficient (Wildman–Crippen LogP) is 3.61. The number of nitrogens with one attached hydrogen (secondary N) is 1. The maximum absolute atomic E-state index is 14.5. The maximum atomic E-state index is 14.5. The Hall–Kier alpha value is -4.40. The molecule has 0 fully saturated rings. The molecule has 2 aromatic carbocycles. The van der Waals surface area contributed by atoms with Gasteiger partial charge in [-0.1, -0.05) is 12.1 Å². The van der Waals surface area contributed by atoms with Crippen LogP contribution in [0, 0.1) is 5.82 Å². The van der Waals surface area contributed by atoms with Crippen LogP contribution >= 0.6 is 0 Å². The number of aromatic nitrogens is 3. The van der Waals surface area contributed by atoms with E-state index in [4.69, 9.17) is 4.74 Å². The predicted molar refractivity (Wildman–Crippen MR) is 130 cm³/mol. The molecule has 0 aliphatic carbocycles. The van der Waals surface area contributed by atoms with Crippen molar-refractivity contribution in [2.24, 2.45) is 0 Å². The van der Waals surface area contributed by atoms with E-state index in [9.17, 15) is 18.8 Å². The molecule has 0 bridgehead atoms. The van der Waals surface area contributed by atoms with Gasteiger partial charge in [0.2, 0.25) is 5.91 Å². The fraction of sp³-hybridized carbons (Fsp3) is 0.192. The van der Waals surface area contributed by atoms with Crippen LogP contribution in [0.4, 0.5) is 4.39 Å². The molecule has 4 aromatic rings. The Morgan fingerprint density at radius 3 is 2.69 bits per heavy atom. The highest BCUT2D eigenvalue weighted by Crippen LogP contribution is 2.27. The minimum absolute atomic E-state index is 0.113. The molecule has 0 aliphatic rings. The van der Waals surface area contributed by atoms with Crippen molar-refractivity contribution in [1.82, 2.24) is 19.9 Å². The SMILES string of the molecule is COc1cccc(-c2nc3ncc(-c4cc(C=O)ccc4F)cc3c(=O)n2CC(=O)NC(C)C)c1. The lowest BCUT2D eigenvalue weighted by Gasteiger charge is -2.15. The van der Waals surface area contributed by atoms with E-state index in [-0.39, 0.29) is 46.5 Å². The van der Waals surface area contributed by atoms with Gasteiger partial charge in [0.05, 0.1) is 12.5 Å². The van der Waals surface area contributed by atoms with Crippen molar-refractivity contribution in [3.05, 3.63) is 76.5 Å². The van der Waals surface area contributed by atoms with Crippen molar-refractivity contribution < 1.29 is 18.7 Å². The first-order valence-corrected chi connectivity index (χ1v) is 10.9. The number of methoxy groups -OCH3 is 1. The van der Waals surface area contributed by atoms with Crippen LogP contribution < -0.4 is 15.6 Å². The number of nitrogens with zero attached hydrogens (tertiary/aromatic N) is 3. The number of halogens is 1. The van der Waals surface area contributed by atoms with Crippen LogP contribution in [0.1, 0.15) is 24.2 Å². The molecule has 0 atom stereocenters. The molecule has 0 spiro atoms. The van der Waals surface area contributed by atoms with E-state index >= 15 is 0 Å². The average molecular weight is 474 g/mol. The summed E-state index contributed by atoms with van der Waals surface area (Å²) in [5, 5.41) is 2.89. The van der Waals surface area contributed by atoms with Gasteiger partial charge in [0.15, 0.2) is 5.65 Å². The Kier molecular flexibility index (Phi) is 6.68. The van der Waals surface area contributed by atoms with Gasteiger partial charge in [-0.25, -0.2) is 14.4 Å². The molecule has 4 rings (SSSR count). The number of hydrogen-bond donors (Lipinski definition) is 1. The summed E-state index contributed by atoms with van der Waals surface area (Å²) in [7, 11) is 1.53. The second-order valence-corrected chi connectivity index (χ2v) is 8.23. The van der Waals surface area contributed by atoms with Crippen LogP contribution in [-0.2, 0) is 11.3 Å². The molecule has 178 valence electrons. The first kappa shape index (κ1) is 23.7. The summed E-state index contributed by atoms with van der Waals surface area (Å²) < 4.78 is 21.1. The minimum atomic E-state index is -0.561. The molecular weight excluding hydrogens is 451 g/mol. The summed E-state index contributed by atoms with van der Waals surface area (Å²) in [5.41, 5.74) is 0.929. The summed E-state index contributed by atoms with van der Waals surface area (Å²) in [6.45, 7) is 3.37. The zero-order valence-corrected chi connectivity index (χ0v) is 19.4. The van der Waals surface area contributed by atoms with Crippen molar-refractivity contribution in [2.45, 2.75) is 26.4 Å². The zero-order valence-electron chi connectivity index (χ0n) is 19.4. The number of ether oxygens (including phenoxy) is 1. The van der Waals surface area contributed by atoms with Crippen LogP contribution in [-0.4, -0.2) is 39.9 Å². The normalized spacial score (nSPS) is 11.0. The molecule has 0 saturated carbocycles. The average Bonchev–Trinajstić information content (AvgIpc) is 2.85. The molecule has 0 saturated heterocycles. The van der Waals surface area contributed by atoms with Crippen LogP contribution in [0.5, 0.6) is 5.75 Å². The number of benzene rings is 2. The van der Waals surface area contributed by atoms with Gasteiger partial charge < -0.3 is 10.1 Å². The number of carbonyl (C=O) groups is 2. The Labute approximate surface area is 200 Å². The van der Waals surface area contributed by atoms with E-state index in [2.05, 4.69) is 15.3 Å². The lowest BCUT2D eigenvalue weighted by Crippen LogP contribution is -2.37. The van der Waals surface area contributed by atoms with E-state index in [1.807, 2.05) is 13.8 Å². The molecule has 8 nitrogen and oxygen atoms in total. The number of hydrogen-bond acceptors (Lipinski definition) is 6. The van der Waals surface area contributed by atoms with Gasteiger partial charge in [-0.3, -0.25) is 19.0 Å². The van der Waals surface area contributed by atoms with Gasteiger partial charge in [0.25, 0.3) is 5.56 Å². The summed E-state index contributed by atoms with van der Waals surface area (Å²) >= 11 is 0. The van der Waals surface area contributed by atoms with Crippen LogP contribution in [0.25, 0.3) is 33.5 Å². The van der Waals surface area contributed by atoms with Crippen LogP contribution in [0.3, 0.4) is 0 Å². The Bertz CT molecular complexity index is 1500. The highest BCUT2D eigenvalue weighted by molar-refractivity contribution is 5.85. The lowest BCUT2D eigenvalue weighted by molar-refractivity contribution is -0.122. The van der Waals surface area contributed by atoms with E-state index < -0.39 is 11.4 Å². The van der Waals surface area contributed by atoms with E-state index in [0.29, 0.717) is 23.2 Å². The molecule has 0 aliphatic heterocycles. The Balaban J connectivity index is 1.94. The van der Waals surface area contributed by atoms with Gasteiger partial charge in [0.1, 0.15) is 30.2 Å². The molecular formula is C26H23FN4O4.